The topological polar surface area (TPSA) is 19.4 Å². The molecule has 5 aromatic heterocycles. The van der Waals surface area contributed by atoms with Crippen molar-refractivity contribution < 1.29 is 43.4 Å². The second-order valence-corrected chi connectivity index (χ2v) is 35.2. The van der Waals surface area contributed by atoms with Crippen molar-refractivity contribution in [1.29, 1.82) is 0 Å². The van der Waals surface area contributed by atoms with Gasteiger partial charge in [0.05, 0.1) is 0 Å². The van der Waals surface area contributed by atoms with E-state index in [2.05, 4.69) is 292 Å². The van der Waals surface area contributed by atoms with Crippen molar-refractivity contribution in [1.82, 2.24) is 0 Å². The molecule has 0 saturated heterocycles. The summed E-state index contributed by atoms with van der Waals surface area (Å²) in [7, 11) is 9.92. The number of nitrogens with zero attached hydrogens (tertiary/aromatic N) is 5. The van der Waals surface area contributed by atoms with Crippen LogP contribution in [-0.4, -0.2) is 0 Å². The standard InChI is InChI=1S/2C28H36N.C25H30N.C20H20N.C19H18N/c2*1-19(2)13-24-16-28(29(7)18-25(24)14-20(3)4)27-17-26(21(5)15-22(27)6)23-11-9-8-10-12-23;1-17(2)12-22-14-25(26(6)16-20(22)5)24-15-23(18(3)13-19(24)4)21-10-8-7-9-11-21;1-15-13-16(2)19(20-11-7-8-12-21(20)3)14-18(15)17-9-5-4-6-10-17;1-15-11-12-17(16-8-4-3-5-9-16)14-18(15)19-10-6-7-13-20(19)2/h2*8-12,15-20H,13-14H2,1-7H3;7-11,13-17H,12H2,1-6H3;4-14H,1-3H3;3-14H,1-2H3/q5*+1/i5D3,13D2,14D2;;3D3,5D3,12D2;;. The maximum Gasteiger partial charge on any atom is 0.212 e. The third-order valence-electron chi connectivity index (χ3n) is 22.6. The summed E-state index contributed by atoms with van der Waals surface area (Å²) in [5.74, 6) is 0.139. The fourth-order valence-corrected chi connectivity index (χ4v) is 16.5. The zero-order valence-corrected chi connectivity index (χ0v) is 77.9. The predicted molar refractivity (Wildman–Crippen MR) is 533 cm³/mol. The first-order chi connectivity index (χ1) is 65.7. The van der Waals surface area contributed by atoms with Crippen LogP contribution in [0.4, 0.5) is 0 Å². The van der Waals surface area contributed by atoms with E-state index in [1.807, 2.05) is 98.3 Å². The van der Waals surface area contributed by atoms with Gasteiger partial charge in [-0.25, -0.2) is 22.8 Å². The lowest BCUT2D eigenvalue weighted by Gasteiger charge is -2.16. The summed E-state index contributed by atoms with van der Waals surface area (Å²) < 4.78 is 135. The largest absolute Gasteiger partial charge is 0.212 e. The van der Waals surface area contributed by atoms with Crippen molar-refractivity contribution in [2.45, 2.75) is 170 Å². The molecular formula is C120H140N5+5. The highest BCUT2D eigenvalue weighted by atomic mass is 14.9. The fourth-order valence-electron chi connectivity index (χ4n) is 16.5. The van der Waals surface area contributed by atoms with Crippen LogP contribution in [0.15, 0.2) is 304 Å². The molecule has 0 aliphatic heterocycles. The van der Waals surface area contributed by atoms with Crippen LogP contribution in [-0.2, 0) is 67.2 Å². The van der Waals surface area contributed by atoms with Gasteiger partial charge in [0.25, 0.3) is 0 Å². The molecule has 0 bridgehead atoms. The van der Waals surface area contributed by atoms with Crippen LogP contribution in [0, 0.1) is 98.6 Å². The Balaban J connectivity index is 0.000000170. The Labute approximate surface area is 773 Å². The minimum absolute atomic E-state index is 0.0301. The number of aryl methyl sites for hydroxylation is 15. The Bertz CT molecular complexity index is 6820. The monoisotopic (exact) mass is 1670 g/mol. The number of benzene rings is 10. The fraction of sp³-hybridized carbons (Fsp3) is 0.292. The third kappa shape index (κ3) is 24.5. The zero-order chi connectivity index (χ0) is 103. The molecule has 5 heteroatoms. The Kier molecular flexibility index (Phi) is 25.9. The predicted octanol–water partition coefficient (Wildman–Crippen LogP) is 28.3. The molecule has 0 saturated carbocycles. The molecule has 15 aromatic rings. The zero-order valence-electron chi connectivity index (χ0n) is 92.9. The summed E-state index contributed by atoms with van der Waals surface area (Å²) in [6.45, 7) is 27.4. The lowest BCUT2D eigenvalue weighted by molar-refractivity contribution is -0.661. The number of pyridine rings is 5. The van der Waals surface area contributed by atoms with Crippen LogP contribution in [0.3, 0.4) is 0 Å². The van der Waals surface area contributed by atoms with E-state index < -0.39 is 45.6 Å². The average Bonchev–Trinajstić information content (AvgIpc) is 0.747. The second-order valence-electron chi connectivity index (χ2n) is 35.2. The molecule has 15 rings (SSSR count). The molecule has 640 valence electrons. The SMILES string of the molecule is Cc1cc(C)c(-c2cc(CC(C)C)c(CC(C)C)c[n+]2C)cc1-c1ccccc1.Cc1cc(C)c(-c2cccc[n+]2C)cc1-c1ccccc1.Cc1ccc(-c2ccccc2)cc1-c1cccc[n+]1C.[2H]C([2H])([2H])c1cc(C)c(-c2cc(C([2H])([2H])C(C)C)c(C([2H])([2H])C(C)C)c[n+]2C)cc1-c1ccccc1.[2H]C([2H])([2H])c1cc(C)c(-c2cc(C([2H])([2H])C(C)C)c(C([2H])([2H])[2H])c[n+]2C)cc1-c1ccccc1. The van der Waals surface area contributed by atoms with Crippen molar-refractivity contribution in [3.63, 3.8) is 0 Å². The van der Waals surface area contributed by atoms with Crippen molar-refractivity contribution in [3.05, 3.63) is 387 Å². The summed E-state index contributed by atoms with van der Waals surface area (Å²) in [6, 6.07) is 91.9. The van der Waals surface area contributed by atoms with Gasteiger partial charge in [0.1, 0.15) is 35.2 Å². The first kappa shape index (κ1) is 74.4. The van der Waals surface area contributed by atoms with Gasteiger partial charge in [-0.3, -0.25) is 0 Å². The number of rotatable bonds is 20. The molecule has 0 spiro atoms. The van der Waals surface area contributed by atoms with Crippen molar-refractivity contribution in [2.24, 2.45) is 64.8 Å². The molecular weight excluding hydrogens is 1510 g/mol. The molecule has 10 aromatic carbocycles. The first-order valence-corrected chi connectivity index (χ1v) is 44.1. The molecule has 5 heterocycles. The highest BCUT2D eigenvalue weighted by Gasteiger charge is 2.25. The van der Waals surface area contributed by atoms with Crippen LogP contribution in [0.1, 0.15) is 173 Å². The second kappa shape index (κ2) is 43.5. The van der Waals surface area contributed by atoms with Crippen LogP contribution in [0.25, 0.3) is 112 Å². The highest BCUT2D eigenvalue weighted by molar-refractivity contribution is 5.80. The molecule has 0 atom stereocenters. The molecule has 0 radical (unpaired) electrons. The Morgan fingerprint density at radius 3 is 0.888 bits per heavy atom. The van der Waals surface area contributed by atoms with Gasteiger partial charge in [-0.2, -0.15) is 0 Å². The highest BCUT2D eigenvalue weighted by Crippen LogP contribution is 2.38. The van der Waals surface area contributed by atoms with E-state index in [4.69, 9.17) is 20.6 Å². The summed E-state index contributed by atoms with van der Waals surface area (Å²) in [6.07, 6.45) is 6.61. The van der Waals surface area contributed by atoms with Gasteiger partial charge in [-0.15, -0.1) is 0 Å². The lowest BCUT2D eigenvalue weighted by Crippen LogP contribution is -2.32. The van der Waals surface area contributed by atoms with Gasteiger partial charge < -0.3 is 0 Å². The number of aromatic nitrogens is 5. The Hall–Kier alpha value is -12.1. The first-order valence-electron chi connectivity index (χ1n) is 51.6. The molecule has 0 aliphatic carbocycles. The summed E-state index contributed by atoms with van der Waals surface area (Å²) in [4.78, 5) is 0. The van der Waals surface area contributed by atoms with Gasteiger partial charge in [0, 0.05) is 108 Å². The van der Waals surface area contributed by atoms with Crippen molar-refractivity contribution in [2.75, 3.05) is 0 Å². The number of hydrogen-bond acceptors (Lipinski definition) is 0. The van der Waals surface area contributed by atoms with E-state index in [-0.39, 0.29) is 34.1 Å². The third-order valence-corrected chi connectivity index (χ3v) is 22.6. The van der Waals surface area contributed by atoms with Crippen molar-refractivity contribution >= 4 is 0 Å². The number of hydrogen-bond donors (Lipinski definition) is 0. The van der Waals surface area contributed by atoms with Gasteiger partial charge in [0.15, 0.2) is 31.0 Å². The quantitative estimate of drug-likeness (QED) is 0.0678. The van der Waals surface area contributed by atoms with Gasteiger partial charge in [-0.1, -0.05) is 257 Å². The molecule has 0 unspecified atom stereocenters. The molecule has 5 nitrogen and oxygen atoms in total. The maximum atomic E-state index is 8.88. The van der Waals surface area contributed by atoms with E-state index >= 15 is 0 Å². The minimum atomic E-state index is -2.48. The van der Waals surface area contributed by atoms with E-state index in [1.54, 1.807) is 83.6 Å². The smallest absolute Gasteiger partial charge is 0.201 e. The van der Waals surface area contributed by atoms with Crippen LogP contribution < -0.4 is 22.8 Å². The molecule has 0 fully saturated rings. The van der Waals surface area contributed by atoms with Gasteiger partial charge >= 0.3 is 0 Å². The molecule has 0 aliphatic rings. The van der Waals surface area contributed by atoms with Crippen LogP contribution >= 0.6 is 0 Å². The molecule has 0 amide bonds. The Morgan fingerprint density at radius 1 is 0.216 bits per heavy atom. The van der Waals surface area contributed by atoms with Gasteiger partial charge in [0.2, 0.25) is 28.5 Å². The molecule has 125 heavy (non-hydrogen) atoms. The van der Waals surface area contributed by atoms with Crippen LogP contribution in [0.2, 0.25) is 0 Å². The normalized spacial score (nSPS) is 13.5. The minimum Gasteiger partial charge on any atom is -0.201 e. The van der Waals surface area contributed by atoms with E-state index in [0.29, 0.717) is 56.6 Å². The van der Waals surface area contributed by atoms with Crippen molar-refractivity contribution in [3.8, 4) is 112 Å². The lowest BCUT2D eigenvalue weighted by atomic mass is 9.90. The summed E-state index contributed by atoms with van der Waals surface area (Å²) in [5, 5.41) is 0. The van der Waals surface area contributed by atoms with Crippen LogP contribution in [0.5, 0.6) is 0 Å². The van der Waals surface area contributed by atoms with Gasteiger partial charge in [-0.05, 0) is 295 Å². The Morgan fingerprint density at radius 2 is 0.512 bits per heavy atom. The van der Waals surface area contributed by atoms with E-state index in [1.165, 1.54) is 112 Å². The summed E-state index contributed by atoms with van der Waals surface area (Å²) >= 11 is 0. The molecule has 0 N–H and O–H groups in total. The summed E-state index contributed by atoms with van der Waals surface area (Å²) in [5.41, 5.74) is 33.2. The average molecular weight is 1670 g/mol. The maximum absolute atomic E-state index is 8.88. The van der Waals surface area contributed by atoms with E-state index in [9.17, 15) is 0 Å². The van der Waals surface area contributed by atoms with E-state index in [0.717, 1.165) is 35.1 Å².